The second-order valence-electron chi connectivity index (χ2n) is 7.49. The summed E-state index contributed by atoms with van der Waals surface area (Å²) < 4.78 is 5.42. The number of nitrogens with zero attached hydrogens (tertiary/aromatic N) is 2. The van der Waals surface area contributed by atoms with E-state index in [1.165, 1.54) is 23.4 Å². The second-order valence-corrected chi connectivity index (χ2v) is 8.60. The first kappa shape index (κ1) is 17.7. The molecule has 1 atom stereocenters. The summed E-state index contributed by atoms with van der Waals surface area (Å²) in [4.78, 5) is 21.3. The van der Waals surface area contributed by atoms with Crippen LogP contribution in [0.2, 0.25) is 0 Å². The van der Waals surface area contributed by atoms with Gasteiger partial charge in [0.25, 0.3) is 0 Å². The molecule has 0 radical (unpaired) electrons. The molecule has 6 heteroatoms. The SMILES string of the molecule is C[C@H](NC(=O)C1CCN(Cc2ccco2)CC1)c1nc2c(s1)CCCC2. The van der Waals surface area contributed by atoms with Gasteiger partial charge >= 0.3 is 0 Å². The number of rotatable bonds is 5. The third-order valence-electron chi connectivity index (χ3n) is 5.51. The van der Waals surface area contributed by atoms with Gasteiger partial charge in [0, 0.05) is 10.8 Å². The first-order chi connectivity index (χ1) is 12.7. The molecule has 2 aromatic heterocycles. The molecule has 1 amide bonds. The average Bonchev–Trinajstić information content (AvgIpc) is 3.31. The van der Waals surface area contributed by atoms with Crippen LogP contribution in [0.4, 0.5) is 0 Å². The van der Waals surface area contributed by atoms with E-state index < -0.39 is 0 Å². The largest absolute Gasteiger partial charge is 0.468 e. The number of thiazole rings is 1. The summed E-state index contributed by atoms with van der Waals surface area (Å²) in [5.74, 6) is 1.29. The van der Waals surface area contributed by atoms with Crippen molar-refractivity contribution in [2.75, 3.05) is 13.1 Å². The zero-order chi connectivity index (χ0) is 17.9. The van der Waals surface area contributed by atoms with Crippen LogP contribution in [0.25, 0.3) is 0 Å². The maximum atomic E-state index is 12.7. The van der Waals surface area contributed by atoms with Crippen molar-refractivity contribution in [3.8, 4) is 0 Å². The normalized spacial score (nSPS) is 19.9. The van der Waals surface area contributed by atoms with E-state index >= 15 is 0 Å². The maximum Gasteiger partial charge on any atom is 0.223 e. The molecule has 1 aliphatic heterocycles. The Morgan fingerprint density at radius 1 is 1.38 bits per heavy atom. The molecule has 1 N–H and O–H groups in total. The van der Waals surface area contributed by atoms with Crippen molar-refractivity contribution >= 4 is 17.2 Å². The van der Waals surface area contributed by atoms with Crippen molar-refractivity contribution in [2.24, 2.45) is 5.92 Å². The second kappa shape index (κ2) is 7.92. The lowest BCUT2D eigenvalue weighted by Gasteiger charge is -2.31. The van der Waals surface area contributed by atoms with Gasteiger partial charge in [0.15, 0.2) is 0 Å². The van der Waals surface area contributed by atoms with E-state index in [1.54, 1.807) is 17.6 Å². The van der Waals surface area contributed by atoms with Gasteiger partial charge < -0.3 is 9.73 Å². The van der Waals surface area contributed by atoms with Gasteiger partial charge in [-0.1, -0.05) is 0 Å². The number of amides is 1. The number of piperidine rings is 1. The van der Waals surface area contributed by atoms with E-state index in [9.17, 15) is 4.79 Å². The van der Waals surface area contributed by atoms with Gasteiger partial charge in [0.1, 0.15) is 10.8 Å². The number of likely N-dealkylation sites (tertiary alicyclic amines) is 1. The highest BCUT2D eigenvalue weighted by atomic mass is 32.1. The average molecular weight is 374 g/mol. The molecule has 0 spiro atoms. The van der Waals surface area contributed by atoms with E-state index in [-0.39, 0.29) is 17.9 Å². The Labute approximate surface area is 158 Å². The maximum absolute atomic E-state index is 12.7. The van der Waals surface area contributed by atoms with Crippen LogP contribution in [0.5, 0.6) is 0 Å². The van der Waals surface area contributed by atoms with E-state index in [1.807, 2.05) is 12.1 Å². The minimum absolute atomic E-state index is 0.0132. The number of furan rings is 1. The van der Waals surface area contributed by atoms with Crippen LogP contribution in [-0.4, -0.2) is 28.9 Å². The van der Waals surface area contributed by atoms with Crippen LogP contribution in [0.15, 0.2) is 22.8 Å². The van der Waals surface area contributed by atoms with Crippen molar-refractivity contribution in [3.05, 3.63) is 39.7 Å². The number of hydrogen-bond donors (Lipinski definition) is 1. The van der Waals surface area contributed by atoms with Gasteiger partial charge in [-0.2, -0.15) is 0 Å². The number of carbonyl (C=O) groups is 1. The number of aromatic nitrogens is 1. The molecule has 0 unspecified atom stereocenters. The zero-order valence-corrected chi connectivity index (χ0v) is 16.2. The fourth-order valence-electron chi connectivity index (χ4n) is 3.93. The molecule has 2 aliphatic rings. The molecule has 0 aromatic carbocycles. The first-order valence-electron chi connectivity index (χ1n) is 9.72. The zero-order valence-electron chi connectivity index (χ0n) is 15.4. The minimum atomic E-state index is 0.0132. The van der Waals surface area contributed by atoms with Gasteiger partial charge in [-0.15, -0.1) is 11.3 Å². The summed E-state index contributed by atoms with van der Waals surface area (Å²) in [5.41, 5.74) is 1.27. The summed E-state index contributed by atoms with van der Waals surface area (Å²) in [7, 11) is 0. The highest BCUT2D eigenvalue weighted by Gasteiger charge is 2.27. The van der Waals surface area contributed by atoms with Crippen LogP contribution in [0.1, 0.15) is 60.0 Å². The quantitative estimate of drug-likeness (QED) is 0.868. The van der Waals surface area contributed by atoms with Gasteiger partial charge in [-0.05, 0) is 70.7 Å². The van der Waals surface area contributed by atoms with E-state index in [0.717, 1.165) is 56.1 Å². The lowest BCUT2D eigenvalue weighted by atomic mass is 9.95. The van der Waals surface area contributed by atoms with Crippen LogP contribution in [-0.2, 0) is 24.2 Å². The summed E-state index contributed by atoms with van der Waals surface area (Å²) in [6.07, 6.45) is 8.30. The Hall–Kier alpha value is -1.66. The molecule has 4 rings (SSSR count). The fraction of sp³-hybridized carbons (Fsp3) is 0.600. The molecule has 1 saturated heterocycles. The topological polar surface area (TPSA) is 58.4 Å². The predicted octanol–water partition coefficient (Wildman–Crippen LogP) is 3.70. The standard InChI is InChI=1S/C20H27N3O2S/c1-14(20-22-17-6-2-3-7-18(17)26-20)21-19(24)15-8-10-23(11-9-15)13-16-5-4-12-25-16/h4-5,12,14-15H,2-3,6-11,13H2,1H3,(H,21,24)/t14-/m0/s1. The van der Waals surface area contributed by atoms with Crippen molar-refractivity contribution in [3.63, 3.8) is 0 Å². The molecular weight excluding hydrogens is 346 g/mol. The Morgan fingerprint density at radius 3 is 2.92 bits per heavy atom. The lowest BCUT2D eigenvalue weighted by molar-refractivity contribution is -0.127. The Balaban J connectivity index is 1.27. The summed E-state index contributed by atoms with van der Waals surface area (Å²) in [5, 5.41) is 4.28. The van der Waals surface area contributed by atoms with Crippen LogP contribution < -0.4 is 5.32 Å². The smallest absolute Gasteiger partial charge is 0.223 e. The third-order valence-corrected chi connectivity index (χ3v) is 6.85. The summed E-state index contributed by atoms with van der Waals surface area (Å²) >= 11 is 1.79. The van der Waals surface area contributed by atoms with Crippen LogP contribution in [0, 0.1) is 5.92 Å². The van der Waals surface area contributed by atoms with Crippen molar-refractivity contribution < 1.29 is 9.21 Å². The van der Waals surface area contributed by atoms with Crippen molar-refractivity contribution in [2.45, 2.75) is 58.0 Å². The van der Waals surface area contributed by atoms with Gasteiger partial charge in [-0.3, -0.25) is 9.69 Å². The Kier molecular flexibility index (Phi) is 5.41. The molecule has 3 heterocycles. The molecule has 0 saturated carbocycles. The molecule has 140 valence electrons. The molecule has 1 fully saturated rings. The Morgan fingerprint density at radius 2 is 2.19 bits per heavy atom. The number of hydrogen-bond acceptors (Lipinski definition) is 5. The van der Waals surface area contributed by atoms with E-state index in [4.69, 9.17) is 9.40 Å². The molecule has 26 heavy (non-hydrogen) atoms. The first-order valence-corrected chi connectivity index (χ1v) is 10.5. The van der Waals surface area contributed by atoms with E-state index in [2.05, 4.69) is 17.1 Å². The summed E-state index contributed by atoms with van der Waals surface area (Å²) in [6.45, 7) is 4.79. The number of fused-ring (bicyclic) bond motifs is 1. The monoisotopic (exact) mass is 373 g/mol. The van der Waals surface area contributed by atoms with Crippen LogP contribution >= 0.6 is 11.3 Å². The number of carbonyl (C=O) groups excluding carboxylic acids is 1. The summed E-state index contributed by atoms with van der Waals surface area (Å²) in [6, 6.07) is 3.95. The van der Waals surface area contributed by atoms with Gasteiger partial charge in [0.05, 0.1) is 24.5 Å². The Bertz CT molecular complexity index is 709. The molecule has 5 nitrogen and oxygen atoms in total. The molecule has 1 aliphatic carbocycles. The molecular formula is C20H27N3O2S. The number of aryl methyl sites for hydroxylation is 2. The number of nitrogens with one attached hydrogen (secondary N) is 1. The highest BCUT2D eigenvalue weighted by Crippen LogP contribution is 2.30. The van der Waals surface area contributed by atoms with Crippen molar-refractivity contribution in [1.82, 2.24) is 15.2 Å². The minimum Gasteiger partial charge on any atom is -0.468 e. The van der Waals surface area contributed by atoms with Crippen molar-refractivity contribution in [1.29, 1.82) is 0 Å². The predicted molar refractivity (Wildman–Crippen MR) is 102 cm³/mol. The molecule has 2 aromatic rings. The van der Waals surface area contributed by atoms with Gasteiger partial charge in [-0.25, -0.2) is 4.98 Å². The lowest BCUT2D eigenvalue weighted by Crippen LogP contribution is -2.40. The van der Waals surface area contributed by atoms with Crippen LogP contribution in [0.3, 0.4) is 0 Å². The molecule has 0 bridgehead atoms. The van der Waals surface area contributed by atoms with Gasteiger partial charge in [0.2, 0.25) is 5.91 Å². The van der Waals surface area contributed by atoms with E-state index in [0.29, 0.717) is 0 Å². The fourth-order valence-corrected chi connectivity index (χ4v) is 5.08. The third kappa shape index (κ3) is 4.01. The highest BCUT2D eigenvalue weighted by molar-refractivity contribution is 7.11.